The highest BCUT2D eigenvalue weighted by Crippen LogP contribution is 2.22. The summed E-state index contributed by atoms with van der Waals surface area (Å²) in [6.45, 7) is 5.62. The highest BCUT2D eigenvalue weighted by molar-refractivity contribution is 6.21. The minimum Gasteiger partial charge on any atom is -0.338 e. The quantitative estimate of drug-likeness (QED) is 0.810. The van der Waals surface area contributed by atoms with Gasteiger partial charge in [0.05, 0.1) is 17.2 Å². The molecule has 0 bridgehead atoms. The van der Waals surface area contributed by atoms with Crippen molar-refractivity contribution in [3.8, 4) is 6.07 Å². The van der Waals surface area contributed by atoms with Crippen LogP contribution in [0.4, 0.5) is 0 Å². The van der Waals surface area contributed by atoms with Crippen molar-refractivity contribution in [2.75, 3.05) is 6.54 Å². The fraction of sp³-hybridized carbons (Fsp3) is 0.444. The summed E-state index contributed by atoms with van der Waals surface area (Å²) in [5, 5.41) is 12.0. The predicted molar refractivity (Wildman–Crippen MR) is 88.0 cm³/mol. The minimum atomic E-state index is -0.951. The van der Waals surface area contributed by atoms with Gasteiger partial charge in [0.25, 0.3) is 11.8 Å². The van der Waals surface area contributed by atoms with Gasteiger partial charge >= 0.3 is 0 Å². The minimum absolute atomic E-state index is 0.00136. The number of nitrogens with one attached hydrogen (secondary N) is 1. The lowest BCUT2D eigenvalue weighted by Gasteiger charge is -2.25. The molecule has 0 spiro atoms. The highest BCUT2D eigenvalue weighted by atomic mass is 16.2. The normalized spacial score (nSPS) is 15.9. The number of fused-ring (bicyclic) bond motifs is 1. The van der Waals surface area contributed by atoms with E-state index in [4.69, 9.17) is 0 Å². The highest BCUT2D eigenvalue weighted by Gasteiger charge is 2.35. The van der Waals surface area contributed by atoms with Gasteiger partial charge in [0, 0.05) is 13.0 Å². The van der Waals surface area contributed by atoms with Crippen molar-refractivity contribution in [3.05, 3.63) is 35.4 Å². The van der Waals surface area contributed by atoms with Crippen LogP contribution < -0.4 is 5.32 Å². The molecule has 6 heteroatoms. The molecule has 0 aliphatic carbocycles. The van der Waals surface area contributed by atoms with Gasteiger partial charge in [-0.05, 0) is 31.4 Å². The summed E-state index contributed by atoms with van der Waals surface area (Å²) in [6, 6.07) is 8.72. The van der Waals surface area contributed by atoms with Gasteiger partial charge in [-0.15, -0.1) is 0 Å². The fourth-order valence-corrected chi connectivity index (χ4v) is 2.97. The van der Waals surface area contributed by atoms with Crippen LogP contribution in [0.1, 0.15) is 54.3 Å². The second-order valence-corrected chi connectivity index (χ2v) is 6.65. The molecule has 0 aromatic heterocycles. The van der Waals surface area contributed by atoms with Crippen LogP contribution in [0, 0.1) is 17.2 Å². The maximum atomic E-state index is 12.2. The van der Waals surface area contributed by atoms with Crippen LogP contribution in [0.25, 0.3) is 0 Å². The molecule has 1 aromatic carbocycles. The van der Waals surface area contributed by atoms with Crippen molar-refractivity contribution >= 4 is 17.7 Å². The molecule has 0 unspecified atom stereocenters. The standard InChI is InChI=1S/C18H21N3O3/c1-12(2)10-18(3,11-19)20-15(22)8-9-21-16(23)13-6-4-5-7-14(13)17(21)24/h4-7,12H,8-10H2,1-3H3,(H,20,22)/t18-/m1/s1. The number of carbonyl (C=O) groups excluding carboxylic acids is 3. The Morgan fingerprint density at radius 1 is 1.25 bits per heavy atom. The molecule has 126 valence electrons. The number of nitrogens with zero attached hydrogens (tertiary/aromatic N) is 2. The third-order valence-electron chi connectivity index (χ3n) is 3.92. The summed E-state index contributed by atoms with van der Waals surface area (Å²) in [4.78, 5) is 37.7. The first-order chi connectivity index (χ1) is 11.3. The Morgan fingerprint density at radius 3 is 2.25 bits per heavy atom. The van der Waals surface area contributed by atoms with Crippen LogP contribution in [0.2, 0.25) is 0 Å². The number of nitriles is 1. The Balaban J connectivity index is 1.97. The topological polar surface area (TPSA) is 90.3 Å². The van der Waals surface area contributed by atoms with Gasteiger partial charge in [-0.1, -0.05) is 26.0 Å². The molecule has 0 fully saturated rings. The van der Waals surface area contributed by atoms with E-state index in [9.17, 15) is 19.6 Å². The van der Waals surface area contributed by atoms with Gasteiger partial charge in [0.1, 0.15) is 5.54 Å². The van der Waals surface area contributed by atoms with Gasteiger partial charge in [0.2, 0.25) is 5.91 Å². The van der Waals surface area contributed by atoms with Gasteiger partial charge in [0.15, 0.2) is 0 Å². The summed E-state index contributed by atoms with van der Waals surface area (Å²) >= 11 is 0. The van der Waals surface area contributed by atoms with E-state index in [1.807, 2.05) is 13.8 Å². The van der Waals surface area contributed by atoms with Crippen molar-refractivity contribution in [1.82, 2.24) is 10.2 Å². The molecule has 1 aromatic rings. The first-order valence-corrected chi connectivity index (χ1v) is 7.95. The molecule has 1 atom stereocenters. The number of benzene rings is 1. The van der Waals surface area contributed by atoms with Crippen LogP contribution in [-0.4, -0.2) is 34.7 Å². The lowest BCUT2D eigenvalue weighted by Crippen LogP contribution is -2.46. The summed E-state index contributed by atoms with van der Waals surface area (Å²) in [5.74, 6) is -0.857. The largest absolute Gasteiger partial charge is 0.338 e. The molecule has 1 heterocycles. The van der Waals surface area contributed by atoms with E-state index in [0.29, 0.717) is 17.5 Å². The second kappa shape index (κ2) is 6.83. The lowest BCUT2D eigenvalue weighted by atomic mass is 9.92. The number of carbonyl (C=O) groups is 3. The van der Waals surface area contributed by atoms with E-state index in [1.165, 1.54) is 0 Å². The van der Waals surface area contributed by atoms with Crippen molar-refractivity contribution < 1.29 is 14.4 Å². The first kappa shape index (κ1) is 17.7. The Morgan fingerprint density at radius 2 is 1.79 bits per heavy atom. The number of hydrogen-bond donors (Lipinski definition) is 1. The van der Waals surface area contributed by atoms with Crippen LogP contribution in [0.3, 0.4) is 0 Å². The SMILES string of the molecule is CC(C)C[C@](C)(C#N)NC(=O)CCN1C(=O)c2ccccc2C1=O. The number of rotatable bonds is 6. The Bertz CT molecular complexity index is 685. The third kappa shape index (κ3) is 3.62. The van der Waals surface area contributed by atoms with E-state index < -0.39 is 5.54 Å². The van der Waals surface area contributed by atoms with E-state index >= 15 is 0 Å². The maximum absolute atomic E-state index is 12.2. The van der Waals surface area contributed by atoms with Gasteiger partial charge in [-0.2, -0.15) is 5.26 Å². The number of amides is 3. The van der Waals surface area contributed by atoms with E-state index in [-0.39, 0.29) is 36.6 Å². The Hall–Kier alpha value is -2.68. The van der Waals surface area contributed by atoms with Crippen LogP contribution in [-0.2, 0) is 4.79 Å². The van der Waals surface area contributed by atoms with Crippen molar-refractivity contribution in [2.24, 2.45) is 5.92 Å². The summed E-state index contributed by atoms with van der Waals surface area (Å²) in [6.07, 6.45) is 0.503. The van der Waals surface area contributed by atoms with Crippen LogP contribution in [0.5, 0.6) is 0 Å². The molecule has 1 N–H and O–H groups in total. The Kier molecular flexibility index (Phi) is 5.03. The van der Waals surface area contributed by atoms with E-state index in [0.717, 1.165) is 4.90 Å². The van der Waals surface area contributed by atoms with Crippen molar-refractivity contribution in [3.63, 3.8) is 0 Å². The number of hydrogen-bond acceptors (Lipinski definition) is 4. The average Bonchev–Trinajstić information content (AvgIpc) is 2.76. The lowest BCUT2D eigenvalue weighted by molar-refractivity contribution is -0.122. The second-order valence-electron chi connectivity index (χ2n) is 6.65. The molecular formula is C18H21N3O3. The number of imide groups is 1. The molecule has 0 saturated carbocycles. The smallest absolute Gasteiger partial charge is 0.261 e. The molecule has 2 rings (SSSR count). The zero-order valence-corrected chi connectivity index (χ0v) is 14.1. The summed E-state index contributed by atoms with van der Waals surface area (Å²) < 4.78 is 0. The van der Waals surface area contributed by atoms with Crippen LogP contribution >= 0.6 is 0 Å². The molecule has 3 amide bonds. The molecule has 1 aliphatic rings. The molecular weight excluding hydrogens is 306 g/mol. The summed E-state index contributed by atoms with van der Waals surface area (Å²) in [7, 11) is 0. The van der Waals surface area contributed by atoms with Gasteiger partial charge < -0.3 is 5.32 Å². The third-order valence-corrected chi connectivity index (χ3v) is 3.92. The van der Waals surface area contributed by atoms with E-state index in [2.05, 4.69) is 11.4 Å². The maximum Gasteiger partial charge on any atom is 0.261 e. The van der Waals surface area contributed by atoms with Crippen molar-refractivity contribution in [2.45, 2.75) is 39.2 Å². The molecule has 0 saturated heterocycles. The van der Waals surface area contributed by atoms with E-state index in [1.54, 1.807) is 31.2 Å². The summed E-state index contributed by atoms with van der Waals surface area (Å²) in [5.41, 5.74) is -0.220. The fourth-order valence-electron chi connectivity index (χ4n) is 2.97. The Labute approximate surface area is 141 Å². The molecule has 24 heavy (non-hydrogen) atoms. The zero-order valence-electron chi connectivity index (χ0n) is 14.1. The predicted octanol–water partition coefficient (Wildman–Crippen LogP) is 2.12. The molecule has 6 nitrogen and oxygen atoms in total. The van der Waals surface area contributed by atoms with Gasteiger partial charge in [-0.25, -0.2) is 0 Å². The van der Waals surface area contributed by atoms with Crippen LogP contribution in [0.15, 0.2) is 24.3 Å². The van der Waals surface area contributed by atoms with Gasteiger partial charge in [-0.3, -0.25) is 19.3 Å². The van der Waals surface area contributed by atoms with Crippen molar-refractivity contribution in [1.29, 1.82) is 5.26 Å². The molecule has 0 radical (unpaired) electrons. The zero-order chi connectivity index (χ0) is 17.9. The molecule has 1 aliphatic heterocycles. The first-order valence-electron chi connectivity index (χ1n) is 7.95. The monoisotopic (exact) mass is 327 g/mol. The average molecular weight is 327 g/mol.